The molecule has 0 aromatic carbocycles. The Balaban J connectivity index is 4.40. The maximum atomic E-state index is 12.9. The van der Waals surface area contributed by atoms with Crippen molar-refractivity contribution >= 4 is 17.9 Å². The number of allylic oxidation sites excluding steroid dienone is 14. The van der Waals surface area contributed by atoms with Gasteiger partial charge in [0, 0.05) is 19.3 Å². The SMILES string of the molecule is CC/C=C\C/C=C\C/C=C\C/C=C\C/C=C\C/C=C\CCCCCCC(=O)OCC(COC(=O)CCCCCCCCCCCCCCC)OC(=O)CCCCCCCCC/C=C\CCCCCCCC. The number of ether oxygens (including phenoxy) is 3. The summed E-state index contributed by atoms with van der Waals surface area (Å²) in [7, 11) is 0. The van der Waals surface area contributed by atoms with Crippen LogP contribution in [0, 0.1) is 0 Å². The lowest BCUT2D eigenvalue weighted by atomic mass is 10.0. The first-order chi connectivity index (χ1) is 35.0. The molecule has 0 radical (unpaired) electrons. The number of esters is 3. The highest BCUT2D eigenvalue weighted by Crippen LogP contribution is 2.16. The lowest BCUT2D eigenvalue weighted by Gasteiger charge is -2.18. The first-order valence-electron chi connectivity index (χ1n) is 30.1. The Morgan fingerprint density at radius 2 is 0.549 bits per heavy atom. The average Bonchev–Trinajstić information content (AvgIpc) is 3.37. The number of unbranched alkanes of at least 4 members (excludes halogenated alkanes) is 29. The van der Waals surface area contributed by atoms with Crippen LogP contribution in [-0.4, -0.2) is 37.2 Å². The van der Waals surface area contributed by atoms with E-state index in [0.717, 1.165) is 109 Å². The Kier molecular flexibility index (Phi) is 56.3. The van der Waals surface area contributed by atoms with E-state index in [2.05, 4.69) is 106 Å². The van der Waals surface area contributed by atoms with Gasteiger partial charge in [-0.05, 0) is 96.3 Å². The van der Waals surface area contributed by atoms with Crippen molar-refractivity contribution in [3.05, 3.63) is 85.1 Å². The number of rotatable bonds is 54. The second kappa shape index (κ2) is 59.2. The molecule has 1 unspecified atom stereocenters. The van der Waals surface area contributed by atoms with Crippen LogP contribution in [-0.2, 0) is 28.6 Å². The monoisotopic (exact) mass is 989 g/mol. The standard InChI is InChI=1S/C65H112O6/c1-4-7-10-13-16-19-22-25-27-29-30-31-32-33-34-36-37-40-43-46-49-52-55-58-64(67)70-61-62(60-69-63(66)57-54-51-48-45-42-39-24-21-18-15-12-9-6-3)71-65(68)59-56-53-50-47-44-41-38-35-28-26-23-20-17-14-11-8-5-2/h7,10,16,19,25-28,30-31,33-34,37,40,62H,4-6,8-9,11-15,17-18,20-24,29,32,35-36,38-39,41-61H2,1-3H3/b10-7-,19-16-,27-25-,28-26-,31-30-,34-33-,40-37-. The zero-order valence-corrected chi connectivity index (χ0v) is 46.7. The molecule has 0 saturated carbocycles. The molecule has 0 amide bonds. The Bertz CT molecular complexity index is 1370. The van der Waals surface area contributed by atoms with E-state index >= 15 is 0 Å². The minimum absolute atomic E-state index is 0.0842. The molecule has 0 N–H and O–H groups in total. The molecule has 408 valence electrons. The van der Waals surface area contributed by atoms with Gasteiger partial charge in [-0.1, -0.05) is 260 Å². The number of hydrogen-bond acceptors (Lipinski definition) is 6. The number of carbonyl (C=O) groups is 3. The van der Waals surface area contributed by atoms with Gasteiger partial charge in [-0.3, -0.25) is 14.4 Å². The maximum absolute atomic E-state index is 12.9. The third-order valence-corrected chi connectivity index (χ3v) is 12.9. The summed E-state index contributed by atoms with van der Waals surface area (Å²) in [5.41, 5.74) is 0. The molecule has 0 bridgehead atoms. The van der Waals surface area contributed by atoms with Crippen molar-refractivity contribution in [2.75, 3.05) is 13.2 Å². The minimum atomic E-state index is -0.789. The molecular formula is C65H112O6. The smallest absolute Gasteiger partial charge is 0.306 e. The molecule has 6 nitrogen and oxygen atoms in total. The highest BCUT2D eigenvalue weighted by molar-refractivity contribution is 5.71. The van der Waals surface area contributed by atoms with Crippen LogP contribution in [0.1, 0.15) is 290 Å². The van der Waals surface area contributed by atoms with Gasteiger partial charge in [0.1, 0.15) is 13.2 Å². The molecule has 0 aliphatic carbocycles. The second-order valence-electron chi connectivity index (χ2n) is 19.9. The first kappa shape index (κ1) is 67.6. The van der Waals surface area contributed by atoms with E-state index in [4.69, 9.17) is 14.2 Å². The summed E-state index contributed by atoms with van der Waals surface area (Å²) in [4.78, 5) is 38.2. The predicted octanol–water partition coefficient (Wildman–Crippen LogP) is 20.3. The third kappa shape index (κ3) is 57.4. The Morgan fingerprint density at radius 1 is 0.296 bits per heavy atom. The third-order valence-electron chi connectivity index (χ3n) is 12.9. The van der Waals surface area contributed by atoms with E-state index in [1.54, 1.807) is 0 Å². The number of carbonyl (C=O) groups excluding carboxylic acids is 3. The van der Waals surface area contributed by atoms with E-state index in [1.807, 2.05) is 0 Å². The van der Waals surface area contributed by atoms with E-state index in [0.29, 0.717) is 19.3 Å². The van der Waals surface area contributed by atoms with Crippen molar-refractivity contribution in [3.8, 4) is 0 Å². The van der Waals surface area contributed by atoms with Crippen molar-refractivity contribution in [1.29, 1.82) is 0 Å². The highest BCUT2D eigenvalue weighted by atomic mass is 16.6. The summed E-state index contributed by atoms with van der Waals surface area (Å²) < 4.78 is 16.9. The largest absolute Gasteiger partial charge is 0.462 e. The molecule has 0 aromatic heterocycles. The van der Waals surface area contributed by atoms with Crippen LogP contribution in [0.5, 0.6) is 0 Å². The maximum Gasteiger partial charge on any atom is 0.306 e. The van der Waals surface area contributed by atoms with E-state index in [9.17, 15) is 14.4 Å². The summed E-state index contributed by atoms with van der Waals surface area (Å²) in [5, 5.41) is 0. The van der Waals surface area contributed by atoms with Gasteiger partial charge >= 0.3 is 17.9 Å². The van der Waals surface area contributed by atoms with Crippen LogP contribution >= 0.6 is 0 Å². The van der Waals surface area contributed by atoms with Crippen LogP contribution in [0.3, 0.4) is 0 Å². The topological polar surface area (TPSA) is 78.9 Å². The molecule has 71 heavy (non-hydrogen) atoms. The lowest BCUT2D eigenvalue weighted by molar-refractivity contribution is -0.167. The number of hydrogen-bond donors (Lipinski definition) is 0. The van der Waals surface area contributed by atoms with Crippen LogP contribution in [0.2, 0.25) is 0 Å². The molecule has 6 heteroatoms. The summed E-state index contributed by atoms with van der Waals surface area (Å²) in [6, 6.07) is 0. The molecule has 0 aliphatic rings. The van der Waals surface area contributed by atoms with Crippen molar-refractivity contribution in [1.82, 2.24) is 0 Å². The van der Waals surface area contributed by atoms with E-state index in [1.165, 1.54) is 141 Å². The molecule has 0 rings (SSSR count). The zero-order valence-electron chi connectivity index (χ0n) is 46.7. The van der Waals surface area contributed by atoms with Gasteiger partial charge in [0.15, 0.2) is 6.10 Å². The molecule has 1 atom stereocenters. The lowest BCUT2D eigenvalue weighted by Crippen LogP contribution is -2.30. The molecule has 0 heterocycles. The van der Waals surface area contributed by atoms with Gasteiger partial charge < -0.3 is 14.2 Å². The predicted molar refractivity (Wildman–Crippen MR) is 307 cm³/mol. The fourth-order valence-electron chi connectivity index (χ4n) is 8.38. The summed E-state index contributed by atoms with van der Waals surface area (Å²) in [6.45, 7) is 6.52. The fourth-order valence-corrected chi connectivity index (χ4v) is 8.38. The van der Waals surface area contributed by atoms with E-state index < -0.39 is 6.10 Å². The zero-order chi connectivity index (χ0) is 51.4. The van der Waals surface area contributed by atoms with Crippen molar-refractivity contribution in [2.45, 2.75) is 297 Å². The van der Waals surface area contributed by atoms with Gasteiger partial charge in [0.05, 0.1) is 0 Å². The van der Waals surface area contributed by atoms with Crippen LogP contribution < -0.4 is 0 Å². The Hall–Kier alpha value is -3.41. The van der Waals surface area contributed by atoms with Gasteiger partial charge in [-0.25, -0.2) is 0 Å². The summed E-state index contributed by atoms with van der Waals surface area (Å²) in [6.07, 6.45) is 77.1. The van der Waals surface area contributed by atoms with Crippen LogP contribution in [0.25, 0.3) is 0 Å². The van der Waals surface area contributed by atoms with Crippen LogP contribution in [0.15, 0.2) is 85.1 Å². The molecule has 0 aromatic rings. The summed E-state index contributed by atoms with van der Waals surface area (Å²) >= 11 is 0. The highest BCUT2D eigenvalue weighted by Gasteiger charge is 2.19. The quantitative estimate of drug-likeness (QED) is 0.0261. The summed E-state index contributed by atoms with van der Waals surface area (Å²) in [5.74, 6) is -0.905. The molecule has 0 saturated heterocycles. The van der Waals surface area contributed by atoms with Gasteiger partial charge in [-0.15, -0.1) is 0 Å². The van der Waals surface area contributed by atoms with Gasteiger partial charge in [0.2, 0.25) is 0 Å². The van der Waals surface area contributed by atoms with Crippen molar-refractivity contribution in [2.24, 2.45) is 0 Å². The molecule has 0 fully saturated rings. The molecule has 0 spiro atoms. The van der Waals surface area contributed by atoms with Crippen LogP contribution in [0.4, 0.5) is 0 Å². The average molecular weight is 990 g/mol. The molecular weight excluding hydrogens is 877 g/mol. The Morgan fingerprint density at radius 3 is 0.873 bits per heavy atom. The minimum Gasteiger partial charge on any atom is -0.462 e. The van der Waals surface area contributed by atoms with Gasteiger partial charge in [-0.2, -0.15) is 0 Å². The van der Waals surface area contributed by atoms with Crippen molar-refractivity contribution in [3.63, 3.8) is 0 Å². The molecule has 0 aliphatic heterocycles. The van der Waals surface area contributed by atoms with Gasteiger partial charge in [0.25, 0.3) is 0 Å². The second-order valence-corrected chi connectivity index (χ2v) is 19.9. The van der Waals surface area contributed by atoms with E-state index in [-0.39, 0.29) is 31.1 Å². The first-order valence-corrected chi connectivity index (χ1v) is 30.1. The normalized spacial score (nSPS) is 12.7. The van der Waals surface area contributed by atoms with Crippen molar-refractivity contribution < 1.29 is 28.6 Å². The fraction of sp³-hybridized carbons (Fsp3) is 0.738. The Labute approximate surface area is 439 Å².